The van der Waals surface area contributed by atoms with E-state index in [9.17, 15) is 9.59 Å². The number of thiazole rings is 1. The average molecular weight is 353 g/mol. The van der Waals surface area contributed by atoms with E-state index in [4.69, 9.17) is 4.42 Å². The molecule has 0 bridgehead atoms. The highest BCUT2D eigenvalue weighted by Crippen LogP contribution is 2.37. The Hall–Kier alpha value is -2.80. The highest BCUT2D eigenvalue weighted by Gasteiger charge is 2.31. The second-order valence-corrected chi connectivity index (χ2v) is 6.86. The maximum atomic E-state index is 12.7. The molecule has 25 heavy (non-hydrogen) atoms. The van der Waals surface area contributed by atoms with Gasteiger partial charge in [-0.3, -0.25) is 19.9 Å². The van der Waals surface area contributed by atoms with Gasteiger partial charge in [-0.25, -0.2) is 4.98 Å². The molecule has 1 aliphatic rings. The first-order valence-electron chi connectivity index (χ1n) is 8.02. The van der Waals surface area contributed by atoms with Crippen molar-refractivity contribution < 1.29 is 14.0 Å². The summed E-state index contributed by atoms with van der Waals surface area (Å²) in [5.41, 5.74) is 0.980. The quantitative estimate of drug-likeness (QED) is 0.700. The standard InChI is InChI=1S/C18H15N3O3S/c22-15(11-3-1-4-11)16-14(13-5-2-10-24-13)20-18(25-16)21-17(23)12-6-8-19-9-7-12/h2,5-11H,1,3-4H2,(H,20,21,23). The van der Waals surface area contributed by atoms with Crippen LogP contribution >= 0.6 is 11.3 Å². The number of aromatic nitrogens is 2. The maximum Gasteiger partial charge on any atom is 0.257 e. The molecule has 126 valence electrons. The summed E-state index contributed by atoms with van der Waals surface area (Å²) in [5.74, 6) is 0.380. The molecule has 0 atom stereocenters. The van der Waals surface area contributed by atoms with E-state index < -0.39 is 0 Å². The minimum absolute atomic E-state index is 0.0536. The lowest BCUT2D eigenvalue weighted by Gasteiger charge is -2.23. The largest absolute Gasteiger partial charge is 0.463 e. The van der Waals surface area contributed by atoms with Crippen LogP contribution in [0.25, 0.3) is 11.5 Å². The fraction of sp³-hybridized carbons (Fsp3) is 0.222. The van der Waals surface area contributed by atoms with Crippen LogP contribution in [-0.2, 0) is 0 Å². The lowest BCUT2D eigenvalue weighted by Crippen LogP contribution is -2.21. The highest BCUT2D eigenvalue weighted by molar-refractivity contribution is 7.18. The number of nitrogens with zero attached hydrogens (tertiary/aromatic N) is 2. The van der Waals surface area contributed by atoms with Gasteiger partial charge in [0.05, 0.1) is 6.26 Å². The summed E-state index contributed by atoms with van der Waals surface area (Å²) in [6.07, 6.45) is 7.55. The first kappa shape index (κ1) is 15.7. The number of pyridine rings is 1. The van der Waals surface area contributed by atoms with Gasteiger partial charge in [0, 0.05) is 23.9 Å². The monoisotopic (exact) mass is 353 g/mol. The van der Waals surface area contributed by atoms with E-state index in [2.05, 4.69) is 15.3 Å². The summed E-state index contributed by atoms with van der Waals surface area (Å²) in [6.45, 7) is 0. The summed E-state index contributed by atoms with van der Waals surface area (Å²) in [5, 5.41) is 3.14. The van der Waals surface area contributed by atoms with Crippen LogP contribution in [0.1, 0.15) is 39.3 Å². The molecule has 1 N–H and O–H groups in total. The molecule has 0 aliphatic heterocycles. The van der Waals surface area contributed by atoms with Crippen molar-refractivity contribution in [2.45, 2.75) is 19.3 Å². The van der Waals surface area contributed by atoms with Gasteiger partial charge in [-0.15, -0.1) is 0 Å². The van der Waals surface area contributed by atoms with Gasteiger partial charge in [-0.05, 0) is 37.1 Å². The predicted octanol–water partition coefficient (Wildman–Crippen LogP) is 4.03. The second kappa shape index (κ2) is 6.60. The number of ketones is 1. The maximum absolute atomic E-state index is 12.7. The van der Waals surface area contributed by atoms with Crippen molar-refractivity contribution in [3.63, 3.8) is 0 Å². The van der Waals surface area contributed by atoms with Crippen LogP contribution in [0.3, 0.4) is 0 Å². The van der Waals surface area contributed by atoms with Crippen LogP contribution in [-0.4, -0.2) is 21.7 Å². The van der Waals surface area contributed by atoms with Gasteiger partial charge in [0.2, 0.25) is 0 Å². The Labute approximate surface area is 147 Å². The average Bonchev–Trinajstić information content (AvgIpc) is 3.23. The third-order valence-electron chi connectivity index (χ3n) is 4.24. The Kier molecular flexibility index (Phi) is 4.15. The summed E-state index contributed by atoms with van der Waals surface area (Å²) in [4.78, 5) is 33.9. The van der Waals surface area contributed by atoms with Gasteiger partial charge in [0.15, 0.2) is 16.7 Å². The van der Waals surface area contributed by atoms with Crippen LogP contribution < -0.4 is 5.32 Å². The van der Waals surface area contributed by atoms with Gasteiger partial charge >= 0.3 is 0 Å². The van der Waals surface area contributed by atoms with Crippen molar-refractivity contribution in [2.24, 2.45) is 5.92 Å². The third kappa shape index (κ3) is 3.10. The number of rotatable bonds is 5. The lowest BCUT2D eigenvalue weighted by molar-refractivity contribution is 0.0859. The van der Waals surface area contributed by atoms with Crippen LogP contribution in [0, 0.1) is 5.92 Å². The number of hydrogen-bond acceptors (Lipinski definition) is 6. The summed E-state index contributed by atoms with van der Waals surface area (Å²) in [7, 11) is 0. The van der Waals surface area contributed by atoms with Crippen LogP contribution in [0.2, 0.25) is 0 Å². The van der Waals surface area contributed by atoms with Gasteiger partial charge in [-0.2, -0.15) is 0 Å². The first-order chi connectivity index (χ1) is 12.2. The van der Waals surface area contributed by atoms with Crippen molar-refractivity contribution in [2.75, 3.05) is 5.32 Å². The summed E-state index contributed by atoms with van der Waals surface area (Å²) < 4.78 is 5.42. The molecule has 6 nitrogen and oxygen atoms in total. The number of carbonyl (C=O) groups excluding carboxylic acids is 2. The van der Waals surface area contributed by atoms with Gasteiger partial charge in [0.25, 0.3) is 5.91 Å². The molecule has 4 rings (SSSR count). The van der Waals surface area contributed by atoms with E-state index in [0.29, 0.717) is 27.0 Å². The number of nitrogens with one attached hydrogen (secondary N) is 1. The molecule has 3 aromatic heterocycles. The zero-order valence-electron chi connectivity index (χ0n) is 13.3. The number of furan rings is 1. The number of carbonyl (C=O) groups is 2. The Balaban J connectivity index is 1.65. The summed E-state index contributed by atoms with van der Waals surface area (Å²) >= 11 is 1.20. The molecule has 1 amide bonds. The molecule has 1 aliphatic carbocycles. The molecule has 0 saturated heterocycles. The van der Waals surface area contributed by atoms with Crippen LogP contribution in [0.5, 0.6) is 0 Å². The molecule has 7 heteroatoms. The third-order valence-corrected chi connectivity index (χ3v) is 5.23. The molecule has 3 aromatic rings. The van der Waals surface area contributed by atoms with Crippen molar-refractivity contribution in [1.82, 2.24) is 9.97 Å². The molecule has 0 spiro atoms. The molecule has 1 fully saturated rings. The zero-order chi connectivity index (χ0) is 17.2. The van der Waals surface area contributed by atoms with E-state index >= 15 is 0 Å². The Morgan fingerprint density at radius 1 is 1.20 bits per heavy atom. The Morgan fingerprint density at radius 2 is 2.00 bits per heavy atom. The first-order valence-corrected chi connectivity index (χ1v) is 8.84. The van der Waals surface area contributed by atoms with Crippen molar-refractivity contribution in [3.8, 4) is 11.5 Å². The van der Waals surface area contributed by atoms with Crippen LogP contribution in [0.4, 0.5) is 5.13 Å². The number of hydrogen-bond donors (Lipinski definition) is 1. The topological polar surface area (TPSA) is 85.1 Å². The van der Waals surface area contributed by atoms with Crippen LogP contribution in [0.15, 0.2) is 47.3 Å². The molecular weight excluding hydrogens is 338 g/mol. The second-order valence-electron chi connectivity index (χ2n) is 5.86. The number of anilines is 1. The highest BCUT2D eigenvalue weighted by atomic mass is 32.1. The molecule has 0 unspecified atom stereocenters. The van der Waals surface area contributed by atoms with Crippen molar-refractivity contribution in [3.05, 3.63) is 53.4 Å². The Bertz CT molecular complexity index is 899. The van der Waals surface area contributed by atoms with Crippen molar-refractivity contribution in [1.29, 1.82) is 0 Å². The van der Waals surface area contributed by atoms with E-state index in [1.165, 1.54) is 11.3 Å². The molecule has 3 heterocycles. The van der Waals surface area contributed by atoms with Crippen molar-refractivity contribution >= 4 is 28.2 Å². The fourth-order valence-corrected chi connectivity index (χ4v) is 3.63. The minimum Gasteiger partial charge on any atom is -0.463 e. The summed E-state index contributed by atoms with van der Waals surface area (Å²) in [6, 6.07) is 6.76. The lowest BCUT2D eigenvalue weighted by atomic mass is 9.81. The molecule has 0 aromatic carbocycles. The van der Waals surface area contributed by atoms with Gasteiger partial charge in [-0.1, -0.05) is 17.8 Å². The van der Waals surface area contributed by atoms with Gasteiger partial charge < -0.3 is 4.42 Å². The smallest absolute Gasteiger partial charge is 0.257 e. The number of Topliss-reactive ketones (excluding diaryl/α,β-unsaturated/α-hetero) is 1. The van der Waals surface area contributed by atoms with E-state index in [-0.39, 0.29) is 17.6 Å². The van der Waals surface area contributed by atoms with E-state index in [0.717, 1.165) is 19.3 Å². The molecular formula is C18H15N3O3S. The van der Waals surface area contributed by atoms with Gasteiger partial charge in [0.1, 0.15) is 10.6 Å². The zero-order valence-corrected chi connectivity index (χ0v) is 14.1. The Morgan fingerprint density at radius 3 is 2.64 bits per heavy atom. The molecule has 0 radical (unpaired) electrons. The number of amides is 1. The molecule has 1 saturated carbocycles. The normalized spacial score (nSPS) is 14.1. The minimum atomic E-state index is -0.287. The fourth-order valence-electron chi connectivity index (χ4n) is 2.65. The SMILES string of the molecule is O=C(Nc1nc(-c2ccco2)c(C(=O)C2CCC2)s1)c1ccncc1. The predicted molar refractivity (Wildman–Crippen MR) is 93.7 cm³/mol. The van der Waals surface area contributed by atoms with E-state index in [1.54, 1.807) is 42.9 Å². The van der Waals surface area contributed by atoms with E-state index in [1.807, 2.05) is 0 Å².